The summed E-state index contributed by atoms with van der Waals surface area (Å²) >= 11 is 1.42. The first-order chi connectivity index (χ1) is 11.3. The minimum Gasteiger partial charge on any atom is -0.469 e. The summed E-state index contributed by atoms with van der Waals surface area (Å²) in [5.74, 6) is -0.821. The monoisotopic (exact) mass is 367 g/mol. The fourth-order valence-corrected chi connectivity index (χ4v) is 3.47. The van der Waals surface area contributed by atoms with E-state index in [1.54, 1.807) is 0 Å². The molecular formula is C16H17NO5S2. The minimum absolute atomic E-state index is 0.0180. The van der Waals surface area contributed by atoms with Gasteiger partial charge in [0.05, 0.1) is 24.5 Å². The largest absolute Gasteiger partial charge is 0.469 e. The van der Waals surface area contributed by atoms with Crippen LogP contribution in [0.5, 0.6) is 0 Å². The molecule has 0 bridgehead atoms. The van der Waals surface area contributed by atoms with E-state index >= 15 is 0 Å². The summed E-state index contributed by atoms with van der Waals surface area (Å²) in [5.41, 5.74) is 0.314. The SMILES string of the molecule is COC(=O)C[C@H](NC(=O)c1ccc(S(C)(=O)=O)cc1)c1cccs1. The Morgan fingerprint density at radius 2 is 1.88 bits per heavy atom. The molecule has 0 fully saturated rings. The molecule has 0 radical (unpaired) electrons. The Kier molecular flexibility index (Phi) is 5.74. The number of esters is 1. The van der Waals surface area contributed by atoms with Crippen molar-refractivity contribution in [1.82, 2.24) is 5.32 Å². The van der Waals surface area contributed by atoms with Gasteiger partial charge in [-0.05, 0) is 35.7 Å². The van der Waals surface area contributed by atoms with Crippen molar-refractivity contribution >= 4 is 33.1 Å². The average molecular weight is 367 g/mol. The highest BCUT2D eigenvalue weighted by Crippen LogP contribution is 2.23. The van der Waals surface area contributed by atoms with E-state index in [9.17, 15) is 18.0 Å². The van der Waals surface area contributed by atoms with Gasteiger partial charge in [0, 0.05) is 16.7 Å². The highest BCUT2D eigenvalue weighted by Gasteiger charge is 2.20. The second-order valence-corrected chi connectivity index (χ2v) is 8.11. The Balaban J connectivity index is 2.16. The number of carbonyl (C=O) groups is 2. The topological polar surface area (TPSA) is 89.5 Å². The van der Waals surface area contributed by atoms with Crippen molar-refractivity contribution in [3.05, 3.63) is 52.2 Å². The Bertz CT molecular complexity index is 811. The number of rotatable bonds is 6. The molecular weight excluding hydrogens is 350 g/mol. The Labute approximate surface area is 144 Å². The zero-order valence-electron chi connectivity index (χ0n) is 13.2. The van der Waals surface area contributed by atoms with E-state index in [2.05, 4.69) is 10.1 Å². The van der Waals surface area contributed by atoms with Crippen LogP contribution in [0, 0.1) is 0 Å². The normalized spacial score (nSPS) is 12.4. The van der Waals surface area contributed by atoms with Gasteiger partial charge in [0.1, 0.15) is 0 Å². The number of thiophene rings is 1. The van der Waals surface area contributed by atoms with Crippen molar-refractivity contribution in [2.75, 3.05) is 13.4 Å². The third-order valence-electron chi connectivity index (χ3n) is 3.34. The molecule has 0 spiro atoms. The maximum Gasteiger partial charge on any atom is 0.307 e. The van der Waals surface area contributed by atoms with Crippen LogP contribution in [-0.2, 0) is 19.4 Å². The first kappa shape index (κ1) is 18.2. The van der Waals surface area contributed by atoms with Crippen LogP contribution in [0.3, 0.4) is 0 Å². The van der Waals surface area contributed by atoms with Crippen molar-refractivity contribution in [3.8, 4) is 0 Å². The molecule has 1 heterocycles. The summed E-state index contributed by atoms with van der Waals surface area (Å²) in [6.07, 6.45) is 1.12. The van der Waals surface area contributed by atoms with Crippen molar-refractivity contribution in [3.63, 3.8) is 0 Å². The highest BCUT2D eigenvalue weighted by molar-refractivity contribution is 7.90. The van der Waals surface area contributed by atoms with Crippen LogP contribution < -0.4 is 5.32 Å². The van der Waals surface area contributed by atoms with Crippen LogP contribution in [0.15, 0.2) is 46.7 Å². The zero-order chi connectivity index (χ0) is 17.7. The van der Waals surface area contributed by atoms with Gasteiger partial charge in [-0.15, -0.1) is 11.3 Å². The van der Waals surface area contributed by atoms with Crippen molar-refractivity contribution < 1.29 is 22.7 Å². The van der Waals surface area contributed by atoms with E-state index in [1.165, 1.54) is 42.7 Å². The third kappa shape index (κ3) is 4.65. The summed E-state index contributed by atoms with van der Waals surface area (Å²) in [6.45, 7) is 0. The van der Waals surface area contributed by atoms with Crippen LogP contribution in [0.25, 0.3) is 0 Å². The van der Waals surface area contributed by atoms with E-state index in [0.717, 1.165) is 11.1 Å². The number of carbonyl (C=O) groups excluding carboxylic acids is 2. The molecule has 0 aliphatic rings. The fourth-order valence-electron chi connectivity index (χ4n) is 2.06. The minimum atomic E-state index is -3.31. The molecule has 0 aliphatic heterocycles. The van der Waals surface area contributed by atoms with Crippen LogP contribution >= 0.6 is 11.3 Å². The van der Waals surface area contributed by atoms with Crippen molar-refractivity contribution in [2.24, 2.45) is 0 Å². The smallest absolute Gasteiger partial charge is 0.307 e. The quantitative estimate of drug-likeness (QED) is 0.791. The number of hydrogen-bond donors (Lipinski definition) is 1. The molecule has 6 nitrogen and oxygen atoms in total. The van der Waals surface area contributed by atoms with Crippen LogP contribution in [0.2, 0.25) is 0 Å². The molecule has 0 saturated heterocycles. The number of nitrogens with one attached hydrogen (secondary N) is 1. The van der Waals surface area contributed by atoms with E-state index in [-0.39, 0.29) is 11.3 Å². The van der Waals surface area contributed by atoms with Gasteiger partial charge < -0.3 is 10.1 Å². The van der Waals surface area contributed by atoms with Gasteiger partial charge in [0.25, 0.3) is 5.91 Å². The second kappa shape index (κ2) is 7.59. The van der Waals surface area contributed by atoms with Crippen LogP contribution in [0.1, 0.15) is 27.7 Å². The molecule has 0 aliphatic carbocycles. The number of methoxy groups -OCH3 is 1. The average Bonchev–Trinajstić information content (AvgIpc) is 3.07. The third-order valence-corrected chi connectivity index (χ3v) is 5.45. The Morgan fingerprint density at radius 1 is 1.21 bits per heavy atom. The first-order valence-corrected chi connectivity index (χ1v) is 9.79. The first-order valence-electron chi connectivity index (χ1n) is 7.02. The number of ether oxygens (including phenoxy) is 1. The summed E-state index contributed by atoms with van der Waals surface area (Å²) in [4.78, 5) is 24.9. The molecule has 2 aromatic rings. The Morgan fingerprint density at radius 3 is 2.38 bits per heavy atom. The van der Waals surface area contributed by atoms with E-state index in [0.29, 0.717) is 5.56 Å². The second-order valence-electron chi connectivity index (χ2n) is 5.12. The summed E-state index contributed by atoms with van der Waals surface area (Å²) in [7, 11) is -2.02. The fraction of sp³-hybridized carbons (Fsp3) is 0.250. The molecule has 0 saturated carbocycles. The van der Waals surface area contributed by atoms with Gasteiger partial charge in [-0.2, -0.15) is 0 Å². The summed E-state index contributed by atoms with van der Waals surface area (Å²) in [6, 6.07) is 8.79. The highest BCUT2D eigenvalue weighted by atomic mass is 32.2. The molecule has 2 rings (SSSR count). The maximum atomic E-state index is 12.4. The molecule has 1 aromatic heterocycles. The number of amides is 1. The molecule has 128 valence electrons. The molecule has 8 heteroatoms. The molecule has 1 aromatic carbocycles. The molecule has 1 atom stereocenters. The van der Waals surface area contributed by atoms with Crippen LogP contribution in [0.4, 0.5) is 0 Å². The molecule has 24 heavy (non-hydrogen) atoms. The summed E-state index contributed by atoms with van der Waals surface area (Å²) in [5, 5.41) is 4.63. The zero-order valence-corrected chi connectivity index (χ0v) is 14.8. The number of hydrogen-bond acceptors (Lipinski definition) is 6. The van der Waals surface area contributed by atoms with Crippen molar-refractivity contribution in [1.29, 1.82) is 0 Å². The summed E-state index contributed by atoms with van der Waals surface area (Å²) < 4.78 is 27.6. The van der Waals surface area contributed by atoms with E-state index in [4.69, 9.17) is 0 Å². The van der Waals surface area contributed by atoms with Crippen molar-refractivity contribution in [2.45, 2.75) is 17.4 Å². The lowest BCUT2D eigenvalue weighted by molar-refractivity contribution is -0.141. The molecule has 1 N–H and O–H groups in total. The molecule has 1 amide bonds. The van der Waals surface area contributed by atoms with Gasteiger partial charge >= 0.3 is 5.97 Å². The van der Waals surface area contributed by atoms with Gasteiger partial charge in [0.2, 0.25) is 0 Å². The Hall–Kier alpha value is -2.19. The van der Waals surface area contributed by atoms with Gasteiger partial charge in [0.15, 0.2) is 9.84 Å². The number of benzene rings is 1. The van der Waals surface area contributed by atoms with Gasteiger partial charge in [-0.1, -0.05) is 6.07 Å². The van der Waals surface area contributed by atoms with E-state index < -0.39 is 27.8 Å². The van der Waals surface area contributed by atoms with Gasteiger partial charge in [-0.25, -0.2) is 8.42 Å². The molecule has 0 unspecified atom stereocenters. The maximum absolute atomic E-state index is 12.4. The van der Waals surface area contributed by atoms with Crippen LogP contribution in [-0.4, -0.2) is 33.7 Å². The van der Waals surface area contributed by atoms with E-state index in [1.807, 2.05) is 17.5 Å². The van der Waals surface area contributed by atoms with Gasteiger partial charge in [-0.3, -0.25) is 9.59 Å². The standard InChI is InChI=1S/C16H17NO5S2/c1-22-15(18)10-13(14-4-3-9-23-14)17-16(19)11-5-7-12(8-6-11)24(2,20)21/h3-9,13H,10H2,1-2H3,(H,17,19)/t13-/m0/s1. The lowest BCUT2D eigenvalue weighted by Crippen LogP contribution is -2.30. The lowest BCUT2D eigenvalue weighted by atomic mass is 10.1. The number of sulfone groups is 1. The predicted molar refractivity (Wildman–Crippen MR) is 90.7 cm³/mol. The predicted octanol–water partition coefficient (Wildman–Crippen LogP) is 2.19. The lowest BCUT2D eigenvalue weighted by Gasteiger charge is -2.16.